The first kappa shape index (κ1) is 20.4. The van der Waals surface area contributed by atoms with Gasteiger partial charge in [0, 0.05) is 7.11 Å². The van der Waals surface area contributed by atoms with E-state index in [2.05, 4.69) is 0 Å². The van der Waals surface area contributed by atoms with E-state index >= 15 is 0 Å². The highest BCUT2D eigenvalue weighted by atomic mass is 16.7. The van der Waals surface area contributed by atoms with E-state index in [-0.39, 0.29) is 26.4 Å². The minimum absolute atomic E-state index is 0.146. The molecule has 0 radical (unpaired) electrons. The molecule has 126 valence electrons. The van der Waals surface area contributed by atoms with Gasteiger partial charge in [0.25, 0.3) is 0 Å². The average molecular weight is 310 g/mol. The smallest absolute Gasteiger partial charge is 0.214 e. The summed E-state index contributed by atoms with van der Waals surface area (Å²) >= 11 is 0. The van der Waals surface area contributed by atoms with Gasteiger partial charge in [0.15, 0.2) is 12.6 Å². The Labute approximate surface area is 124 Å². The van der Waals surface area contributed by atoms with Crippen molar-refractivity contribution in [2.24, 2.45) is 0 Å². The van der Waals surface area contributed by atoms with Gasteiger partial charge in [-0.3, -0.25) is 4.79 Å². The van der Waals surface area contributed by atoms with Crippen LogP contribution in [0.15, 0.2) is 0 Å². The van der Waals surface area contributed by atoms with E-state index in [9.17, 15) is 4.79 Å². The van der Waals surface area contributed by atoms with Crippen LogP contribution in [0.4, 0.5) is 0 Å². The number of hydrogen-bond donors (Lipinski definition) is 3. The van der Waals surface area contributed by atoms with Crippen LogP contribution in [0.1, 0.15) is 19.8 Å². The first-order valence-electron chi connectivity index (χ1n) is 6.88. The van der Waals surface area contributed by atoms with Crippen molar-refractivity contribution in [2.75, 3.05) is 33.5 Å². The zero-order valence-corrected chi connectivity index (χ0v) is 12.5. The molecule has 0 aromatic heterocycles. The van der Waals surface area contributed by atoms with Crippen LogP contribution in [-0.2, 0) is 23.7 Å². The summed E-state index contributed by atoms with van der Waals surface area (Å²) in [5, 5.41) is 27.3. The van der Waals surface area contributed by atoms with Crippen LogP contribution in [0.3, 0.4) is 0 Å². The van der Waals surface area contributed by atoms with Gasteiger partial charge >= 0.3 is 0 Å². The van der Waals surface area contributed by atoms with Gasteiger partial charge < -0.3 is 34.3 Å². The van der Waals surface area contributed by atoms with E-state index in [1.807, 2.05) is 6.92 Å². The Bertz CT molecular complexity index is 246. The molecule has 0 bridgehead atoms. The Morgan fingerprint density at radius 3 is 2.14 bits per heavy atom. The number of hydrogen-bond acceptors (Lipinski definition) is 8. The van der Waals surface area contributed by atoms with Gasteiger partial charge in [-0.25, -0.2) is 0 Å². The average Bonchev–Trinajstić information content (AvgIpc) is 2.53. The third-order valence-electron chi connectivity index (χ3n) is 2.77. The summed E-state index contributed by atoms with van der Waals surface area (Å²) in [6, 6.07) is 0. The molecule has 0 aliphatic carbocycles. The van der Waals surface area contributed by atoms with Gasteiger partial charge in [-0.2, -0.15) is 0 Å². The van der Waals surface area contributed by atoms with Crippen LogP contribution < -0.4 is 0 Å². The molecule has 4 unspecified atom stereocenters. The predicted octanol–water partition coefficient (Wildman–Crippen LogP) is -0.952. The Hall–Kier alpha value is -0.610. The summed E-state index contributed by atoms with van der Waals surface area (Å²) in [6.07, 6.45) is -1.56. The van der Waals surface area contributed by atoms with Crippen molar-refractivity contribution in [3.63, 3.8) is 0 Å². The molecule has 0 aromatic rings. The number of methoxy groups -OCH3 is 1. The van der Waals surface area contributed by atoms with Crippen molar-refractivity contribution in [1.82, 2.24) is 0 Å². The highest BCUT2D eigenvalue weighted by Crippen LogP contribution is 2.07. The molecule has 0 saturated carbocycles. The molecule has 0 aliphatic rings. The number of aliphatic hydroxyl groups excluding tert-OH is 3. The van der Waals surface area contributed by atoms with E-state index in [0.29, 0.717) is 19.1 Å². The minimum Gasteiger partial charge on any atom is -0.394 e. The van der Waals surface area contributed by atoms with E-state index in [4.69, 9.17) is 34.3 Å². The van der Waals surface area contributed by atoms with E-state index in [1.165, 1.54) is 7.11 Å². The second-order valence-electron chi connectivity index (χ2n) is 4.30. The number of carbonyl (C=O) groups excluding carboxylic acids is 1. The lowest BCUT2D eigenvalue weighted by atomic mass is 10.3. The fourth-order valence-corrected chi connectivity index (χ4v) is 1.48. The van der Waals surface area contributed by atoms with Gasteiger partial charge in [0.05, 0.1) is 38.6 Å². The standard InChI is InChI=1S/C13H26O8/c1-3-10(6-14)20-13(9-17)19-5-4-11(7-15)21-12(8-16)18-2/h8,10-15,17H,3-7,9H2,1-2H3. The lowest BCUT2D eigenvalue weighted by molar-refractivity contribution is -0.204. The van der Waals surface area contributed by atoms with Crippen molar-refractivity contribution in [3.05, 3.63) is 0 Å². The number of aliphatic hydroxyl groups is 3. The maximum Gasteiger partial charge on any atom is 0.214 e. The Morgan fingerprint density at radius 1 is 1.05 bits per heavy atom. The summed E-state index contributed by atoms with van der Waals surface area (Å²) in [5.74, 6) is 0. The SMILES string of the molecule is CCC(CO)OC(CO)OCCC(CO)OC(C=O)OC. The molecule has 8 nitrogen and oxygen atoms in total. The number of aldehydes is 1. The van der Waals surface area contributed by atoms with Crippen molar-refractivity contribution in [3.8, 4) is 0 Å². The summed E-state index contributed by atoms with van der Waals surface area (Å²) < 4.78 is 20.5. The number of carbonyl (C=O) groups is 1. The molecule has 21 heavy (non-hydrogen) atoms. The lowest BCUT2D eigenvalue weighted by Crippen LogP contribution is -2.32. The van der Waals surface area contributed by atoms with Crippen LogP contribution in [0.2, 0.25) is 0 Å². The van der Waals surface area contributed by atoms with Crippen LogP contribution in [0.5, 0.6) is 0 Å². The van der Waals surface area contributed by atoms with Crippen LogP contribution in [0.25, 0.3) is 0 Å². The Kier molecular flexibility index (Phi) is 12.7. The van der Waals surface area contributed by atoms with Gasteiger partial charge in [0.1, 0.15) is 0 Å². The number of ether oxygens (including phenoxy) is 4. The summed E-state index contributed by atoms with van der Waals surface area (Å²) in [6.45, 7) is 1.18. The lowest BCUT2D eigenvalue weighted by Gasteiger charge is -2.23. The molecule has 3 N–H and O–H groups in total. The van der Waals surface area contributed by atoms with E-state index in [0.717, 1.165) is 0 Å². The van der Waals surface area contributed by atoms with E-state index in [1.54, 1.807) is 0 Å². The highest BCUT2D eigenvalue weighted by Gasteiger charge is 2.18. The molecule has 0 heterocycles. The Balaban J connectivity index is 4.08. The topological polar surface area (TPSA) is 115 Å². The molecule has 0 rings (SSSR count). The molecule has 0 aromatic carbocycles. The zero-order chi connectivity index (χ0) is 16.1. The third-order valence-corrected chi connectivity index (χ3v) is 2.77. The number of rotatable bonds is 14. The second-order valence-corrected chi connectivity index (χ2v) is 4.30. The Morgan fingerprint density at radius 2 is 1.71 bits per heavy atom. The third kappa shape index (κ3) is 9.10. The normalized spacial score (nSPS) is 17.2. The largest absolute Gasteiger partial charge is 0.394 e. The summed E-state index contributed by atoms with van der Waals surface area (Å²) in [7, 11) is 1.32. The first-order chi connectivity index (χ1) is 10.1. The quantitative estimate of drug-likeness (QED) is 0.278. The fraction of sp³-hybridized carbons (Fsp3) is 0.923. The van der Waals surface area contributed by atoms with Gasteiger partial charge in [-0.15, -0.1) is 0 Å². The molecule has 0 aliphatic heterocycles. The second kappa shape index (κ2) is 13.1. The minimum atomic E-state index is -1.04. The first-order valence-corrected chi connectivity index (χ1v) is 6.88. The maximum absolute atomic E-state index is 10.6. The van der Waals surface area contributed by atoms with Crippen molar-refractivity contribution in [2.45, 2.75) is 44.6 Å². The van der Waals surface area contributed by atoms with Gasteiger partial charge in [0.2, 0.25) is 6.29 Å². The molecular formula is C13H26O8. The van der Waals surface area contributed by atoms with Crippen LogP contribution in [-0.4, -0.2) is 79.9 Å². The highest BCUT2D eigenvalue weighted by molar-refractivity contribution is 5.53. The zero-order valence-electron chi connectivity index (χ0n) is 12.5. The molecule has 0 amide bonds. The molecular weight excluding hydrogens is 284 g/mol. The van der Waals surface area contributed by atoms with Gasteiger partial charge in [-0.1, -0.05) is 6.92 Å². The fourth-order valence-electron chi connectivity index (χ4n) is 1.48. The molecule has 0 fully saturated rings. The van der Waals surface area contributed by atoms with Crippen molar-refractivity contribution >= 4 is 6.29 Å². The predicted molar refractivity (Wildman–Crippen MR) is 72.5 cm³/mol. The van der Waals surface area contributed by atoms with Crippen molar-refractivity contribution < 1.29 is 39.1 Å². The van der Waals surface area contributed by atoms with Gasteiger partial charge in [-0.05, 0) is 12.8 Å². The summed E-state index contributed by atoms with van der Waals surface area (Å²) in [5.41, 5.74) is 0. The summed E-state index contributed by atoms with van der Waals surface area (Å²) in [4.78, 5) is 10.6. The molecule has 0 spiro atoms. The molecule has 0 saturated heterocycles. The molecule has 8 heteroatoms. The monoisotopic (exact) mass is 310 g/mol. The molecule has 4 atom stereocenters. The van der Waals surface area contributed by atoms with E-state index < -0.39 is 24.8 Å². The van der Waals surface area contributed by atoms with Crippen LogP contribution >= 0.6 is 0 Å². The van der Waals surface area contributed by atoms with Crippen LogP contribution in [0, 0.1) is 0 Å². The maximum atomic E-state index is 10.6. The van der Waals surface area contributed by atoms with Crippen molar-refractivity contribution in [1.29, 1.82) is 0 Å².